The lowest BCUT2D eigenvalue weighted by molar-refractivity contribution is -0.127. The molecule has 4 heterocycles. The highest BCUT2D eigenvalue weighted by atomic mass is 32.1. The van der Waals surface area contributed by atoms with Gasteiger partial charge in [0.15, 0.2) is 0 Å². The van der Waals surface area contributed by atoms with E-state index in [0.717, 1.165) is 60.4 Å². The smallest absolute Gasteiger partial charge is 0.246 e. The second-order valence-corrected chi connectivity index (χ2v) is 8.42. The molecule has 1 N–H and O–H groups in total. The summed E-state index contributed by atoms with van der Waals surface area (Å²) in [5.41, 5.74) is 1.81. The van der Waals surface area contributed by atoms with Gasteiger partial charge in [-0.15, -0.1) is 11.3 Å². The van der Waals surface area contributed by atoms with E-state index >= 15 is 0 Å². The maximum Gasteiger partial charge on any atom is 0.246 e. The molecule has 1 saturated heterocycles. The Hall–Kier alpha value is -3.13. The molecule has 30 heavy (non-hydrogen) atoms. The van der Waals surface area contributed by atoms with Gasteiger partial charge in [0.1, 0.15) is 18.0 Å². The molecule has 0 unspecified atom stereocenters. The van der Waals surface area contributed by atoms with Crippen LogP contribution in [0.5, 0.6) is 0 Å². The van der Waals surface area contributed by atoms with Gasteiger partial charge in [-0.3, -0.25) is 4.79 Å². The first-order valence-electron chi connectivity index (χ1n) is 10.0. The maximum atomic E-state index is 12.6. The summed E-state index contributed by atoms with van der Waals surface area (Å²) >= 11 is 1.59. The largest absolute Gasteiger partial charge is 0.339 e. The molecule has 1 aliphatic rings. The van der Waals surface area contributed by atoms with Gasteiger partial charge in [0.25, 0.3) is 0 Å². The lowest BCUT2D eigenvalue weighted by Gasteiger charge is -2.32. The summed E-state index contributed by atoms with van der Waals surface area (Å²) in [5.74, 6) is 1.91. The molecule has 3 aromatic heterocycles. The number of hydrogen-bond donors (Lipinski definition) is 1. The minimum Gasteiger partial charge on any atom is -0.339 e. The Kier molecular flexibility index (Phi) is 6.44. The number of amides is 1. The zero-order chi connectivity index (χ0) is 20.8. The Labute approximate surface area is 179 Å². The number of aryl methyl sites for hydroxylation is 1. The third kappa shape index (κ3) is 5.48. The summed E-state index contributed by atoms with van der Waals surface area (Å²) in [6.07, 6.45) is 9.66. The Bertz CT molecular complexity index is 1020. The molecular formula is C22H24N6OS. The second kappa shape index (κ2) is 9.58. The molecule has 1 aliphatic heterocycles. The standard InChI is InChI=1S/C22H24N6OS/c1-16-26-18(14-30-16)7-8-22(29)28-10-4-5-17(13-28)11-19-12-21(25-15-24-19)27-20-6-2-3-9-23-20/h2-3,6-9,12,14-15,17H,4-5,10-11,13H2,1H3,(H,23,24,25,27)/b8-7+/t17-/m0/s1. The van der Waals surface area contributed by atoms with Crippen LogP contribution in [0, 0.1) is 12.8 Å². The van der Waals surface area contributed by atoms with Gasteiger partial charge in [-0.25, -0.2) is 19.9 Å². The zero-order valence-corrected chi connectivity index (χ0v) is 17.7. The van der Waals surface area contributed by atoms with E-state index in [1.54, 1.807) is 36.0 Å². The number of carbonyl (C=O) groups is 1. The lowest BCUT2D eigenvalue weighted by Crippen LogP contribution is -2.39. The number of hydrogen-bond acceptors (Lipinski definition) is 7. The first-order valence-corrected chi connectivity index (χ1v) is 10.9. The molecule has 1 fully saturated rings. The fraction of sp³-hybridized carbons (Fsp3) is 0.318. The van der Waals surface area contributed by atoms with Crippen molar-refractivity contribution in [1.82, 2.24) is 24.8 Å². The summed E-state index contributed by atoms with van der Waals surface area (Å²) in [7, 11) is 0. The van der Waals surface area contributed by atoms with Crippen molar-refractivity contribution in [2.24, 2.45) is 5.92 Å². The first kappa shape index (κ1) is 20.2. The molecule has 0 saturated carbocycles. The minimum atomic E-state index is 0.0468. The molecule has 7 nitrogen and oxygen atoms in total. The average molecular weight is 421 g/mol. The van der Waals surface area contributed by atoms with Crippen LogP contribution in [0.2, 0.25) is 0 Å². The lowest BCUT2D eigenvalue weighted by atomic mass is 9.93. The van der Waals surface area contributed by atoms with Gasteiger partial charge >= 0.3 is 0 Å². The summed E-state index contributed by atoms with van der Waals surface area (Å²) in [6.45, 7) is 3.50. The van der Waals surface area contributed by atoms with E-state index in [1.165, 1.54) is 0 Å². The highest BCUT2D eigenvalue weighted by molar-refractivity contribution is 7.09. The normalized spacial score (nSPS) is 16.7. The third-order valence-corrected chi connectivity index (χ3v) is 5.80. The van der Waals surface area contributed by atoms with E-state index < -0.39 is 0 Å². The Morgan fingerprint density at radius 1 is 1.30 bits per heavy atom. The van der Waals surface area contributed by atoms with Crippen molar-refractivity contribution in [2.75, 3.05) is 18.4 Å². The van der Waals surface area contributed by atoms with Crippen LogP contribution in [0.1, 0.15) is 29.2 Å². The van der Waals surface area contributed by atoms with E-state index in [1.807, 2.05) is 41.5 Å². The molecule has 0 aliphatic carbocycles. The molecule has 0 aromatic carbocycles. The van der Waals surface area contributed by atoms with E-state index in [9.17, 15) is 4.79 Å². The van der Waals surface area contributed by atoms with Crippen molar-refractivity contribution >= 4 is 35.0 Å². The van der Waals surface area contributed by atoms with Gasteiger partial charge in [-0.05, 0) is 50.3 Å². The molecule has 154 valence electrons. The predicted molar refractivity (Wildman–Crippen MR) is 118 cm³/mol. The molecule has 3 aromatic rings. The van der Waals surface area contributed by atoms with E-state index in [-0.39, 0.29) is 5.91 Å². The average Bonchev–Trinajstić information content (AvgIpc) is 3.18. The van der Waals surface area contributed by atoms with E-state index in [0.29, 0.717) is 5.92 Å². The number of likely N-dealkylation sites (tertiary alicyclic amines) is 1. The highest BCUT2D eigenvalue weighted by Crippen LogP contribution is 2.22. The van der Waals surface area contributed by atoms with Crippen LogP contribution < -0.4 is 5.32 Å². The predicted octanol–water partition coefficient (Wildman–Crippen LogP) is 3.87. The van der Waals surface area contributed by atoms with Crippen LogP contribution in [0.25, 0.3) is 6.08 Å². The first-order chi connectivity index (χ1) is 14.7. The van der Waals surface area contributed by atoms with Crippen molar-refractivity contribution in [1.29, 1.82) is 0 Å². The monoisotopic (exact) mass is 420 g/mol. The van der Waals surface area contributed by atoms with Crippen molar-refractivity contribution in [3.05, 3.63) is 64.6 Å². The zero-order valence-electron chi connectivity index (χ0n) is 16.9. The Morgan fingerprint density at radius 2 is 2.23 bits per heavy atom. The number of pyridine rings is 1. The molecule has 8 heteroatoms. The van der Waals surface area contributed by atoms with Crippen molar-refractivity contribution in [3.63, 3.8) is 0 Å². The van der Waals surface area contributed by atoms with E-state index in [2.05, 4.69) is 25.3 Å². The molecule has 4 rings (SSSR count). The number of piperidine rings is 1. The van der Waals surface area contributed by atoms with Gasteiger partial charge in [-0.1, -0.05) is 6.07 Å². The summed E-state index contributed by atoms with van der Waals surface area (Å²) in [4.78, 5) is 31.9. The van der Waals surface area contributed by atoms with Crippen LogP contribution in [0.3, 0.4) is 0 Å². The number of nitrogens with zero attached hydrogens (tertiary/aromatic N) is 5. The van der Waals surface area contributed by atoms with Crippen LogP contribution in [0.4, 0.5) is 11.6 Å². The maximum absolute atomic E-state index is 12.6. The van der Waals surface area contributed by atoms with Crippen molar-refractivity contribution in [3.8, 4) is 0 Å². The van der Waals surface area contributed by atoms with E-state index in [4.69, 9.17) is 0 Å². The van der Waals surface area contributed by atoms with Gasteiger partial charge < -0.3 is 10.2 Å². The molecule has 1 atom stereocenters. The Balaban J connectivity index is 1.35. The number of thiazole rings is 1. The number of anilines is 2. The summed E-state index contributed by atoms with van der Waals surface area (Å²) in [6, 6.07) is 7.65. The van der Waals surface area contributed by atoms with Gasteiger partial charge in [0.2, 0.25) is 5.91 Å². The second-order valence-electron chi connectivity index (χ2n) is 7.36. The fourth-order valence-corrected chi connectivity index (χ4v) is 4.17. The molecule has 0 bridgehead atoms. The van der Waals surface area contributed by atoms with Crippen LogP contribution in [-0.4, -0.2) is 43.8 Å². The molecule has 0 radical (unpaired) electrons. The number of aromatic nitrogens is 4. The van der Waals surface area contributed by atoms with Gasteiger partial charge in [0, 0.05) is 42.5 Å². The molecular weight excluding hydrogens is 396 g/mol. The van der Waals surface area contributed by atoms with Crippen molar-refractivity contribution < 1.29 is 4.79 Å². The fourth-order valence-electron chi connectivity index (χ4n) is 3.59. The third-order valence-electron chi connectivity index (χ3n) is 5.01. The summed E-state index contributed by atoms with van der Waals surface area (Å²) in [5, 5.41) is 6.17. The SMILES string of the molecule is Cc1nc(/C=C/C(=O)N2CCC[C@@H](Cc3cc(Nc4ccccn4)ncn3)C2)cs1. The van der Waals surface area contributed by atoms with Gasteiger partial charge in [-0.2, -0.15) is 0 Å². The molecule has 0 spiro atoms. The molecule has 1 amide bonds. The van der Waals surface area contributed by atoms with Gasteiger partial charge in [0.05, 0.1) is 10.7 Å². The Morgan fingerprint density at radius 3 is 3.03 bits per heavy atom. The number of nitrogens with one attached hydrogen (secondary N) is 1. The number of carbonyl (C=O) groups excluding carboxylic acids is 1. The minimum absolute atomic E-state index is 0.0468. The number of rotatable bonds is 6. The highest BCUT2D eigenvalue weighted by Gasteiger charge is 2.23. The summed E-state index contributed by atoms with van der Waals surface area (Å²) < 4.78 is 0. The quantitative estimate of drug-likeness (QED) is 0.610. The van der Waals surface area contributed by atoms with Crippen LogP contribution in [-0.2, 0) is 11.2 Å². The van der Waals surface area contributed by atoms with Crippen LogP contribution in [0.15, 0.2) is 48.2 Å². The topological polar surface area (TPSA) is 83.9 Å². The van der Waals surface area contributed by atoms with Crippen molar-refractivity contribution in [2.45, 2.75) is 26.2 Å². The van der Waals surface area contributed by atoms with Crippen LogP contribution >= 0.6 is 11.3 Å².